The molecular formula is C19H17NO. The molecule has 104 valence electrons. The summed E-state index contributed by atoms with van der Waals surface area (Å²) in [5.41, 5.74) is 4.39. The molecule has 3 rings (SSSR count). The molecular weight excluding hydrogens is 258 g/mol. The first-order chi connectivity index (χ1) is 10.4. The Kier molecular flexibility index (Phi) is 3.88. The average Bonchev–Trinajstić information content (AvgIpc) is 2.57. The van der Waals surface area contributed by atoms with Crippen LogP contribution in [0.5, 0.6) is 5.75 Å². The molecule has 0 aliphatic rings. The first-order valence-corrected chi connectivity index (χ1v) is 6.93. The van der Waals surface area contributed by atoms with Gasteiger partial charge in [-0.25, -0.2) is 0 Å². The predicted molar refractivity (Wildman–Crippen MR) is 88.2 cm³/mol. The van der Waals surface area contributed by atoms with Crippen molar-refractivity contribution in [3.05, 3.63) is 78.9 Å². The van der Waals surface area contributed by atoms with Gasteiger partial charge in [-0.1, -0.05) is 60.7 Å². The van der Waals surface area contributed by atoms with E-state index in [2.05, 4.69) is 47.8 Å². The molecule has 0 aliphatic heterocycles. The van der Waals surface area contributed by atoms with Crippen LogP contribution in [0, 0.1) is 0 Å². The van der Waals surface area contributed by atoms with Crippen molar-refractivity contribution in [3.63, 3.8) is 0 Å². The standard InChI is InChI=1S/C19H17NO/c1-21-19-14-8-7-13-18(19)20-17-12-6-5-11-16(17)15-9-3-2-4-10-15/h2-14,20H,1H3. The first kappa shape index (κ1) is 13.3. The Labute approximate surface area is 125 Å². The van der Waals surface area contributed by atoms with Crippen LogP contribution >= 0.6 is 0 Å². The van der Waals surface area contributed by atoms with Gasteiger partial charge in [0.05, 0.1) is 12.8 Å². The van der Waals surface area contributed by atoms with E-state index in [9.17, 15) is 0 Å². The second-order valence-corrected chi connectivity index (χ2v) is 4.74. The van der Waals surface area contributed by atoms with Gasteiger partial charge in [0.1, 0.15) is 5.75 Å². The van der Waals surface area contributed by atoms with E-state index in [4.69, 9.17) is 4.74 Å². The number of anilines is 2. The number of rotatable bonds is 4. The van der Waals surface area contributed by atoms with Crippen LogP contribution in [0.2, 0.25) is 0 Å². The van der Waals surface area contributed by atoms with Gasteiger partial charge in [-0.15, -0.1) is 0 Å². The molecule has 21 heavy (non-hydrogen) atoms. The number of hydrogen-bond donors (Lipinski definition) is 1. The fourth-order valence-corrected chi connectivity index (χ4v) is 2.35. The smallest absolute Gasteiger partial charge is 0.142 e. The number of hydrogen-bond acceptors (Lipinski definition) is 2. The fourth-order valence-electron chi connectivity index (χ4n) is 2.35. The minimum Gasteiger partial charge on any atom is -0.495 e. The Morgan fingerprint density at radius 1 is 0.667 bits per heavy atom. The lowest BCUT2D eigenvalue weighted by Gasteiger charge is -2.14. The second-order valence-electron chi connectivity index (χ2n) is 4.74. The number of nitrogens with one attached hydrogen (secondary N) is 1. The maximum atomic E-state index is 5.40. The molecule has 0 spiro atoms. The van der Waals surface area contributed by atoms with Gasteiger partial charge in [-0.2, -0.15) is 0 Å². The summed E-state index contributed by atoms with van der Waals surface area (Å²) in [4.78, 5) is 0. The van der Waals surface area contributed by atoms with Crippen LogP contribution in [0.4, 0.5) is 11.4 Å². The average molecular weight is 275 g/mol. The zero-order chi connectivity index (χ0) is 14.5. The van der Waals surface area contributed by atoms with Gasteiger partial charge in [0.2, 0.25) is 0 Å². The summed E-state index contributed by atoms with van der Waals surface area (Å²) in [5, 5.41) is 3.47. The Bertz CT molecular complexity index is 722. The summed E-state index contributed by atoms with van der Waals surface area (Å²) in [7, 11) is 1.68. The van der Waals surface area contributed by atoms with Crippen molar-refractivity contribution < 1.29 is 4.74 Å². The molecule has 0 saturated heterocycles. The number of benzene rings is 3. The Hall–Kier alpha value is -2.74. The van der Waals surface area contributed by atoms with Crippen LogP contribution < -0.4 is 10.1 Å². The Morgan fingerprint density at radius 2 is 1.29 bits per heavy atom. The molecule has 0 aromatic heterocycles. The number of para-hydroxylation sites is 3. The molecule has 0 radical (unpaired) electrons. The van der Waals surface area contributed by atoms with Crippen LogP contribution in [-0.2, 0) is 0 Å². The van der Waals surface area contributed by atoms with Gasteiger partial charge in [0.25, 0.3) is 0 Å². The van der Waals surface area contributed by atoms with Crippen LogP contribution in [-0.4, -0.2) is 7.11 Å². The van der Waals surface area contributed by atoms with E-state index in [-0.39, 0.29) is 0 Å². The van der Waals surface area contributed by atoms with Crippen molar-refractivity contribution in [1.82, 2.24) is 0 Å². The van der Waals surface area contributed by atoms with Gasteiger partial charge >= 0.3 is 0 Å². The summed E-state index contributed by atoms with van der Waals surface area (Å²) < 4.78 is 5.40. The zero-order valence-corrected chi connectivity index (χ0v) is 11.9. The molecule has 3 aromatic rings. The molecule has 0 unspecified atom stereocenters. The van der Waals surface area contributed by atoms with Gasteiger partial charge in [-0.3, -0.25) is 0 Å². The van der Waals surface area contributed by atoms with E-state index < -0.39 is 0 Å². The monoisotopic (exact) mass is 275 g/mol. The molecule has 0 saturated carbocycles. The van der Waals surface area contributed by atoms with E-state index in [1.165, 1.54) is 11.1 Å². The maximum Gasteiger partial charge on any atom is 0.142 e. The van der Waals surface area contributed by atoms with Crippen molar-refractivity contribution in [2.45, 2.75) is 0 Å². The highest BCUT2D eigenvalue weighted by atomic mass is 16.5. The third kappa shape index (κ3) is 2.90. The van der Waals surface area contributed by atoms with E-state index in [1.54, 1.807) is 7.11 Å². The third-order valence-corrected chi connectivity index (χ3v) is 3.39. The third-order valence-electron chi connectivity index (χ3n) is 3.39. The molecule has 0 amide bonds. The van der Waals surface area contributed by atoms with Crippen molar-refractivity contribution in [2.75, 3.05) is 12.4 Å². The zero-order valence-electron chi connectivity index (χ0n) is 11.9. The van der Waals surface area contributed by atoms with Gasteiger partial charge in [0.15, 0.2) is 0 Å². The fraction of sp³-hybridized carbons (Fsp3) is 0.0526. The molecule has 2 heteroatoms. The highest BCUT2D eigenvalue weighted by Crippen LogP contribution is 2.33. The normalized spacial score (nSPS) is 10.1. The quantitative estimate of drug-likeness (QED) is 0.714. The minimum atomic E-state index is 0.834. The molecule has 1 N–H and O–H groups in total. The lowest BCUT2D eigenvalue weighted by molar-refractivity contribution is 0.417. The Balaban J connectivity index is 2.00. The van der Waals surface area contributed by atoms with E-state index in [1.807, 2.05) is 36.4 Å². The molecule has 0 heterocycles. The minimum absolute atomic E-state index is 0.834. The van der Waals surface area contributed by atoms with Gasteiger partial charge < -0.3 is 10.1 Å². The van der Waals surface area contributed by atoms with Crippen molar-refractivity contribution >= 4 is 11.4 Å². The first-order valence-electron chi connectivity index (χ1n) is 6.93. The van der Waals surface area contributed by atoms with E-state index in [0.717, 1.165) is 17.1 Å². The molecule has 0 bridgehead atoms. The summed E-state index contributed by atoms with van der Waals surface area (Å²) >= 11 is 0. The molecule has 0 fully saturated rings. The second kappa shape index (κ2) is 6.14. The van der Waals surface area contributed by atoms with Crippen LogP contribution in [0.3, 0.4) is 0 Å². The van der Waals surface area contributed by atoms with Crippen molar-refractivity contribution in [1.29, 1.82) is 0 Å². The van der Waals surface area contributed by atoms with Crippen LogP contribution in [0.25, 0.3) is 11.1 Å². The summed E-state index contributed by atoms with van der Waals surface area (Å²) in [6, 6.07) is 26.6. The molecule has 2 nitrogen and oxygen atoms in total. The summed E-state index contributed by atoms with van der Waals surface area (Å²) in [6.07, 6.45) is 0. The number of ether oxygens (including phenoxy) is 1. The summed E-state index contributed by atoms with van der Waals surface area (Å²) in [5.74, 6) is 0.834. The Morgan fingerprint density at radius 3 is 2.05 bits per heavy atom. The van der Waals surface area contributed by atoms with Gasteiger partial charge in [0, 0.05) is 11.3 Å². The van der Waals surface area contributed by atoms with E-state index >= 15 is 0 Å². The van der Waals surface area contributed by atoms with E-state index in [0.29, 0.717) is 0 Å². The maximum absolute atomic E-state index is 5.40. The highest BCUT2D eigenvalue weighted by molar-refractivity contribution is 5.82. The molecule has 0 aliphatic carbocycles. The van der Waals surface area contributed by atoms with Gasteiger partial charge in [-0.05, 0) is 23.8 Å². The van der Waals surface area contributed by atoms with Crippen molar-refractivity contribution in [3.8, 4) is 16.9 Å². The molecule has 3 aromatic carbocycles. The lowest BCUT2D eigenvalue weighted by atomic mass is 10.0. The SMILES string of the molecule is COc1ccccc1Nc1ccccc1-c1ccccc1. The number of methoxy groups -OCH3 is 1. The summed E-state index contributed by atoms with van der Waals surface area (Å²) in [6.45, 7) is 0. The lowest BCUT2D eigenvalue weighted by Crippen LogP contribution is -1.96. The topological polar surface area (TPSA) is 21.3 Å². The molecule has 0 atom stereocenters. The highest BCUT2D eigenvalue weighted by Gasteiger charge is 2.07. The predicted octanol–water partition coefficient (Wildman–Crippen LogP) is 5.11. The van der Waals surface area contributed by atoms with Crippen LogP contribution in [0.15, 0.2) is 78.9 Å². The largest absolute Gasteiger partial charge is 0.495 e. The van der Waals surface area contributed by atoms with Crippen LogP contribution in [0.1, 0.15) is 0 Å². The van der Waals surface area contributed by atoms with Crippen molar-refractivity contribution in [2.24, 2.45) is 0 Å².